The molecule has 5 nitrogen and oxygen atoms in total. The van der Waals surface area contributed by atoms with Crippen LogP contribution in [0, 0.1) is 0 Å². The number of carboxylic acid groups (broad SMARTS) is 1. The molecule has 8 heteroatoms. The van der Waals surface area contributed by atoms with Crippen LogP contribution in [0.2, 0.25) is 0 Å². The van der Waals surface area contributed by atoms with E-state index in [1.165, 1.54) is 19.2 Å². The van der Waals surface area contributed by atoms with Crippen LogP contribution in [0.1, 0.15) is 41.0 Å². The van der Waals surface area contributed by atoms with Crippen molar-refractivity contribution < 1.29 is 32.6 Å². The summed E-state index contributed by atoms with van der Waals surface area (Å²) in [6, 6.07) is 19.5. The minimum absolute atomic E-state index is 0.0785. The van der Waals surface area contributed by atoms with Gasteiger partial charge in [0.15, 0.2) is 0 Å². The van der Waals surface area contributed by atoms with Crippen LogP contribution in [0.3, 0.4) is 0 Å². The summed E-state index contributed by atoms with van der Waals surface area (Å²) in [5.74, 6) is -1.31. The Hall–Kier alpha value is -3.81. The zero-order chi connectivity index (χ0) is 25.9. The number of ether oxygens (including phenoxy) is 1. The van der Waals surface area contributed by atoms with Crippen LogP contribution in [0.4, 0.5) is 18.0 Å². The third kappa shape index (κ3) is 5.37. The molecule has 0 unspecified atom stereocenters. The number of carboxylic acids is 1. The second-order valence-electron chi connectivity index (χ2n) is 8.86. The zero-order valence-electron chi connectivity index (χ0n) is 19.7. The number of halogens is 3. The van der Waals surface area contributed by atoms with Gasteiger partial charge in [0, 0.05) is 13.0 Å². The Kier molecular flexibility index (Phi) is 7.33. The lowest BCUT2D eigenvalue weighted by molar-refractivity contribution is -0.142. The van der Waals surface area contributed by atoms with Gasteiger partial charge in [0.05, 0.1) is 5.56 Å². The first-order valence-corrected chi connectivity index (χ1v) is 11.6. The average Bonchev–Trinajstić information content (AvgIpc) is 3.18. The first-order chi connectivity index (χ1) is 17.2. The summed E-state index contributed by atoms with van der Waals surface area (Å²) in [5.41, 5.74) is 4.23. The third-order valence-corrected chi connectivity index (χ3v) is 6.60. The number of aryl methyl sites for hydroxylation is 1. The number of benzene rings is 3. The van der Waals surface area contributed by atoms with Gasteiger partial charge in [0.1, 0.15) is 12.6 Å². The fraction of sp³-hybridized carbons (Fsp3) is 0.286. The molecule has 0 radical (unpaired) electrons. The van der Waals surface area contributed by atoms with E-state index in [9.17, 15) is 27.9 Å². The average molecular weight is 498 g/mol. The lowest BCUT2D eigenvalue weighted by atomic mass is 9.98. The lowest BCUT2D eigenvalue weighted by Gasteiger charge is -2.25. The van der Waals surface area contributed by atoms with E-state index in [0.29, 0.717) is 18.4 Å². The molecule has 0 saturated carbocycles. The van der Waals surface area contributed by atoms with Crippen molar-refractivity contribution in [3.05, 3.63) is 95.1 Å². The Morgan fingerprint density at radius 2 is 1.50 bits per heavy atom. The fourth-order valence-corrected chi connectivity index (χ4v) is 4.67. The molecule has 3 aromatic rings. The summed E-state index contributed by atoms with van der Waals surface area (Å²) < 4.78 is 43.7. The lowest BCUT2D eigenvalue weighted by Crippen LogP contribution is -2.43. The standard InChI is InChI=1S/C28H26F3NO4/c1-32(25(26(33)34)12-6-7-18-13-15-19(16-14-18)28(29,30)31)27(35)36-17-24-22-10-4-2-8-20(22)21-9-3-5-11-23(21)24/h2-5,8-11,13-16,24-25H,6-7,12,17H2,1H3,(H,33,34)/t25-/m0/s1. The van der Waals surface area contributed by atoms with E-state index in [2.05, 4.69) is 0 Å². The number of carbonyl (C=O) groups excluding carboxylic acids is 1. The molecular formula is C28H26F3NO4. The quantitative estimate of drug-likeness (QED) is 0.393. The molecule has 0 fully saturated rings. The molecule has 1 N–H and O–H groups in total. The van der Waals surface area contributed by atoms with E-state index in [1.807, 2.05) is 48.5 Å². The number of aliphatic carboxylic acids is 1. The van der Waals surface area contributed by atoms with E-state index in [-0.39, 0.29) is 18.9 Å². The number of rotatable bonds is 8. The molecule has 0 bridgehead atoms. The van der Waals surface area contributed by atoms with E-state index in [4.69, 9.17) is 4.74 Å². The summed E-state index contributed by atoms with van der Waals surface area (Å²) in [5, 5.41) is 9.68. The highest BCUT2D eigenvalue weighted by molar-refractivity contribution is 5.81. The summed E-state index contributed by atoms with van der Waals surface area (Å²) in [6.45, 7) is 0.0785. The van der Waals surface area contributed by atoms with E-state index in [1.54, 1.807) is 0 Å². The van der Waals surface area contributed by atoms with Crippen molar-refractivity contribution in [1.82, 2.24) is 4.90 Å². The fourth-order valence-electron chi connectivity index (χ4n) is 4.67. The SMILES string of the molecule is CN(C(=O)OCC1c2ccccc2-c2ccccc21)[C@@H](CCCc1ccc(C(F)(F)F)cc1)C(=O)O. The first-order valence-electron chi connectivity index (χ1n) is 11.6. The normalized spacial score (nSPS) is 13.6. The van der Waals surface area contributed by atoms with Gasteiger partial charge < -0.3 is 9.84 Å². The predicted molar refractivity (Wildman–Crippen MR) is 129 cm³/mol. The molecule has 0 aromatic heterocycles. The van der Waals surface area contributed by atoms with Crippen molar-refractivity contribution in [1.29, 1.82) is 0 Å². The van der Waals surface area contributed by atoms with Crippen LogP contribution < -0.4 is 0 Å². The van der Waals surface area contributed by atoms with Gasteiger partial charge >= 0.3 is 18.2 Å². The van der Waals surface area contributed by atoms with Gasteiger partial charge in [-0.25, -0.2) is 9.59 Å². The van der Waals surface area contributed by atoms with E-state index >= 15 is 0 Å². The molecule has 188 valence electrons. The first kappa shape index (κ1) is 25.3. The minimum atomic E-state index is -4.40. The Morgan fingerprint density at radius 3 is 2.03 bits per heavy atom. The summed E-state index contributed by atoms with van der Waals surface area (Å²) in [6.07, 6.45) is -4.24. The van der Waals surface area contributed by atoms with Gasteiger partial charge in [-0.05, 0) is 59.2 Å². The molecule has 1 amide bonds. The Labute approximate surface area is 207 Å². The Morgan fingerprint density at radius 1 is 0.944 bits per heavy atom. The molecule has 0 saturated heterocycles. The zero-order valence-corrected chi connectivity index (χ0v) is 19.7. The second kappa shape index (κ2) is 10.4. The van der Waals surface area contributed by atoms with Crippen molar-refractivity contribution >= 4 is 12.1 Å². The van der Waals surface area contributed by atoms with Gasteiger partial charge in [-0.1, -0.05) is 60.7 Å². The predicted octanol–water partition coefficient (Wildman–Crippen LogP) is 6.36. The largest absolute Gasteiger partial charge is 0.480 e. The molecule has 4 rings (SSSR count). The van der Waals surface area contributed by atoms with Gasteiger partial charge in [-0.3, -0.25) is 4.90 Å². The van der Waals surface area contributed by atoms with Crippen LogP contribution >= 0.6 is 0 Å². The molecule has 0 aliphatic heterocycles. The van der Waals surface area contributed by atoms with Gasteiger partial charge in [-0.15, -0.1) is 0 Å². The van der Waals surface area contributed by atoms with Crippen molar-refractivity contribution in [3.63, 3.8) is 0 Å². The van der Waals surface area contributed by atoms with Crippen molar-refractivity contribution in [2.75, 3.05) is 13.7 Å². The highest BCUT2D eigenvalue weighted by atomic mass is 19.4. The van der Waals surface area contributed by atoms with E-state index < -0.39 is 29.8 Å². The molecule has 1 atom stereocenters. The molecule has 0 spiro atoms. The van der Waals surface area contributed by atoms with Crippen molar-refractivity contribution in [3.8, 4) is 11.1 Å². The molecule has 0 heterocycles. The molecular weight excluding hydrogens is 471 g/mol. The maximum Gasteiger partial charge on any atom is 0.416 e. The maximum atomic E-state index is 12.8. The van der Waals surface area contributed by atoms with Crippen molar-refractivity contribution in [2.45, 2.75) is 37.4 Å². The number of hydrogen-bond donors (Lipinski definition) is 1. The van der Waals surface area contributed by atoms with Gasteiger partial charge in [-0.2, -0.15) is 13.2 Å². The summed E-state index contributed by atoms with van der Waals surface area (Å²) in [4.78, 5) is 25.7. The van der Waals surface area contributed by atoms with E-state index in [0.717, 1.165) is 39.3 Å². The van der Waals surface area contributed by atoms with Crippen LogP contribution in [-0.4, -0.2) is 41.8 Å². The van der Waals surface area contributed by atoms with Crippen LogP contribution in [0.25, 0.3) is 11.1 Å². The number of fused-ring (bicyclic) bond motifs is 3. The van der Waals surface area contributed by atoms with Gasteiger partial charge in [0.2, 0.25) is 0 Å². The highest BCUT2D eigenvalue weighted by Gasteiger charge is 2.32. The molecule has 3 aromatic carbocycles. The summed E-state index contributed by atoms with van der Waals surface area (Å²) >= 11 is 0. The molecule has 1 aliphatic rings. The Bertz CT molecular complexity index is 1190. The maximum absolute atomic E-state index is 12.8. The van der Waals surface area contributed by atoms with Crippen molar-refractivity contribution in [2.24, 2.45) is 0 Å². The molecule has 36 heavy (non-hydrogen) atoms. The van der Waals surface area contributed by atoms with Crippen LogP contribution in [0.15, 0.2) is 72.8 Å². The highest BCUT2D eigenvalue weighted by Crippen LogP contribution is 2.44. The number of nitrogens with zero attached hydrogens (tertiary/aromatic N) is 1. The number of alkyl halides is 3. The number of hydrogen-bond acceptors (Lipinski definition) is 3. The topological polar surface area (TPSA) is 66.8 Å². The number of amides is 1. The smallest absolute Gasteiger partial charge is 0.416 e. The number of carbonyl (C=O) groups is 2. The number of likely N-dealkylation sites (N-methyl/N-ethyl adjacent to an activating group) is 1. The third-order valence-electron chi connectivity index (χ3n) is 6.60. The van der Waals surface area contributed by atoms with Crippen LogP contribution in [-0.2, 0) is 22.1 Å². The van der Waals surface area contributed by atoms with Crippen LogP contribution in [0.5, 0.6) is 0 Å². The Balaban J connectivity index is 1.35. The van der Waals surface area contributed by atoms with Gasteiger partial charge in [0.25, 0.3) is 0 Å². The minimum Gasteiger partial charge on any atom is -0.480 e. The molecule has 1 aliphatic carbocycles. The second-order valence-corrected chi connectivity index (χ2v) is 8.86. The monoisotopic (exact) mass is 497 g/mol. The summed E-state index contributed by atoms with van der Waals surface area (Å²) in [7, 11) is 1.38.